The fourth-order valence-electron chi connectivity index (χ4n) is 2.64. The van der Waals surface area contributed by atoms with Crippen molar-refractivity contribution in [1.82, 2.24) is 19.9 Å². The molecule has 2 heterocycles. The molecule has 0 spiro atoms. The van der Waals surface area contributed by atoms with Crippen molar-refractivity contribution in [3.8, 4) is 0 Å². The number of nitrogens with zero attached hydrogens (tertiary/aromatic N) is 3. The van der Waals surface area contributed by atoms with Gasteiger partial charge < -0.3 is 4.98 Å². The van der Waals surface area contributed by atoms with Gasteiger partial charge >= 0.3 is 0 Å². The summed E-state index contributed by atoms with van der Waals surface area (Å²) in [5, 5.41) is 0. The number of nitrogens with one attached hydrogen (secondary N) is 1. The summed E-state index contributed by atoms with van der Waals surface area (Å²) < 4.78 is 0. The van der Waals surface area contributed by atoms with Crippen LogP contribution in [-0.4, -0.2) is 19.9 Å². The van der Waals surface area contributed by atoms with Gasteiger partial charge in [-0.2, -0.15) is 0 Å². The van der Waals surface area contributed by atoms with Crippen LogP contribution in [0.15, 0.2) is 49.3 Å². The summed E-state index contributed by atoms with van der Waals surface area (Å²) in [5.41, 5.74) is 6.09. The molecule has 0 aliphatic heterocycles. The van der Waals surface area contributed by atoms with Gasteiger partial charge in [-0.25, -0.2) is 15.0 Å². The van der Waals surface area contributed by atoms with E-state index >= 15 is 0 Å². The lowest BCUT2D eigenvalue weighted by Gasteiger charge is -2.19. The van der Waals surface area contributed by atoms with Gasteiger partial charge in [0.25, 0.3) is 0 Å². The third kappa shape index (κ3) is 2.84. The SMILES string of the molecule is Cc1cccc(C(Cc2ccncn2)c2cnc[nH]2)c1C. The van der Waals surface area contributed by atoms with Gasteiger partial charge in [-0.05, 0) is 36.6 Å². The van der Waals surface area contributed by atoms with Gasteiger partial charge in [0.1, 0.15) is 6.33 Å². The van der Waals surface area contributed by atoms with Crippen molar-refractivity contribution in [2.24, 2.45) is 0 Å². The Kier molecular flexibility index (Phi) is 3.77. The number of aryl methyl sites for hydroxylation is 1. The second kappa shape index (κ2) is 5.87. The van der Waals surface area contributed by atoms with E-state index in [-0.39, 0.29) is 5.92 Å². The summed E-state index contributed by atoms with van der Waals surface area (Å²) in [6.07, 6.45) is 7.84. The Balaban J connectivity index is 2.03. The molecule has 0 saturated heterocycles. The molecular weight excluding hydrogens is 260 g/mol. The molecule has 0 bridgehead atoms. The first-order valence-electron chi connectivity index (χ1n) is 7.05. The van der Waals surface area contributed by atoms with Crippen LogP contribution < -0.4 is 0 Å². The topological polar surface area (TPSA) is 54.5 Å². The van der Waals surface area contributed by atoms with Crippen LogP contribution in [0.3, 0.4) is 0 Å². The molecule has 3 aromatic rings. The summed E-state index contributed by atoms with van der Waals surface area (Å²) in [7, 11) is 0. The van der Waals surface area contributed by atoms with Crippen molar-refractivity contribution < 1.29 is 0 Å². The molecule has 4 nitrogen and oxygen atoms in total. The zero-order valence-corrected chi connectivity index (χ0v) is 12.2. The zero-order chi connectivity index (χ0) is 14.7. The molecule has 1 unspecified atom stereocenters. The van der Waals surface area contributed by atoms with Crippen molar-refractivity contribution in [2.45, 2.75) is 26.2 Å². The number of imidazole rings is 1. The first kappa shape index (κ1) is 13.5. The summed E-state index contributed by atoms with van der Waals surface area (Å²) in [6.45, 7) is 4.32. The Bertz CT molecular complexity index is 705. The molecule has 3 rings (SSSR count). The van der Waals surface area contributed by atoms with Crippen LogP contribution in [0.25, 0.3) is 0 Å². The molecule has 0 aliphatic carbocycles. The lowest BCUT2D eigenvalue weighted by Crippen LogP contribution is -2.09. The number of hydrogen-bond donors (Lipinski definition) is 1. The summed E-state index contributed by atoms with van der Waals surface area (Å²) in [5.74, 6) is 0.224. The van der Waals surface area contributed by atoms with Gasteiger partial charge in [0.2, 0.25) is 0 Å². The maximum atomic E-state index is 4.36. The second-order valence-electron chi connectivity index (χ2n) is 5.25. The van der Waals surface area contributed by atoms with Crippen LogP contribution in [0.2, 0.25) is 0 Å². The van der Waals surface area contributed by atoms with Gasteiger partial charge in [-0.15, -0.1) is 0 Å². The van der Waals surface area contributed by atoms with Gasteiger partial charge in [0.05, 0.1) is 6.33 Å². The third-order valence-electron chi connectivity index (χ3n) is 3.97. The van der Waals surface area contributed by atoms with Gasteiger partial charge in [0, 0.05) is 36.1 Å². The smallest absolute Gasteiger partial charge is 0.115 e. The molecular formula is C17H18N4. The molecule has 1 N–H and O–H groups in total. The Morgan fingerprint density at radius 1 is 1.14 bits per heavy atom. The van der Waals surface area contributed by atoms with Crippen molar-refractivity contribution in [3.05, 3.63) is 77.4 Å². The van der Waals surface area contributed by atoms with E-state index in [1.54, 1.807) is 18.9 Å². The Hall–Kier alpha value is -2.49. The van der Waals surface area contributed by atoms with Crippen LogP contribution in [0.4, 0.5) is 0 Å². The molecule has 4 heteroatoms. The number of H-pyrrole nitrogens is 1. The number of benzene rings is 1. The monoisotopic (exact) mass is 278 g/mol. The Morgan fingerprint density at radius 2 is 2.05 bits per heavy atom. The van der Waals surface area contributed by atoms with Crippen molar-refractivity contribution >= 4 is 0 Å². The fraction of sp³-hybridized carbons (Fsp3) is 0.235. The van der Waals surface area contributed by atoms with Crippen LogP contribution in [0.1, 0.15) is 34.0 Å². The number of rotatable bonds is 4. The number of hydrogen-bond acceptors (Lipinski definition) is 3. The van der Waals surface area contributed by atoms with E-state index in [1.165, 1.54) is 16.7 Å². The highest BCUT2D eigenvalue weighted by Gasteiger charge is 2.19. The van der Waals surface area contributed by atoms with Gasteiger partial charge in [-0.3, -0.25) is 0 Å². The molecule has 0 radical (unpaired) electrons. The lowest BCUT2D eigenvalue weighted by molar-refractivity contribution is 0.751. The van der Waals surface area contributed by atoms with Crippen LogP contribution in [0, 0.1) is 13.8 Å². The average molecular weight is 278 g/mol. The van der Waals surface area contributed by atoms with Crippen molar-refractivity contribution in [2.75, 3.05) is 0 Å². The molecule has 106 valence electrons. The maximum absolute atomic E-state index is 4.36. The van der Waals surface area contributed by atoms with E-state index in [0.717, 1.165) is 17.8 Å². The predicted molar refractivity (Wildman–Crippen MR) is 82.1 cm³/mol. The molecule has 1 aromatic carbocycles. The molecule has 21 heavy (non-hydrogen) atoms. The highest BCUT2D eigenvalue weighted by atomic mass is 14.9. The molecule has 1 atom stereocenters. The van der Waals surface area contributed by atoms with E-state index in [9.17, 15) is 0 Å². The maximum Gasteiger partial charge on any atom is 0.115 e. The number of aromatic amines is 1. The minimum absolute atomic E-state index is 0.224. The quantitative estimate of drug-likeness (QED) is 0.797. The average Bonchev–Trinajstić information content (AvgIpc) is 3.03. The minimum atomic E-state index is 0.224. The summed E-state index contributed by atoms with van der Waals surface area (Å²) >= 11 is 0. The molecule has 0 aliphatic rings. The largest absolute Gasteiger partial charge is 0.348 e. The van der Waals surface area contributed by atoms with Gasteiger partial charge in [0.15, 0.2) is 0 Å². The Morgan fingerprint density at radius 3 is 2.76 bits per heavy atom. The first-order valence-corrected chi connectivity index (χ1v) is 7.05. The highest BCUT2D eigenvalue weighted by Crippen LogP contribution is 2.30. The highest BCUT2D eigenvalue weighted by molar-refractivity contribution is 5.39. The first-order chi connectivity index (χ1) is 10.3. The van der Waals surface area contributed by atoms with Crippen molar-refractivity contribution in [3.63, 3.8) is 0 Å². The standard InChI is InChI=1S/C17H18N4/c1-12-4-3-5-15(13(12)2)16(17-9-19-11-21-17)8-14-6-7-18-10-20-14/h3-7,9-11,16H,8H2,1-2H3,(H,19,21). The van der Waals surface area contributed by atoms with E-state index in [1.807, 2.05) is 12.3 Å². The van der Waals surface area contributed by atoms with Gasteiger partial charge in [-0.1, -0.05) is 18.2 Å². The van der Waals surface area contributed by atoms with Crippen LogP contribution in [-0.2, 0) is 6.42 Å². The molecule has 0 saturated carbocycles. The summed E-state index contributed by atoms with van der Waals surface area (Å²) in [6, 6.07) is 8.41. The molecule has 2 aromatic heterocycles. The van der Waals surface area contributed by atoms with E-state index in [4.69, 9.17) is 0 Å². The molecule has 0 fully saturated rings. The zero-order valence-electron chi connectivity index (χ0n) is 12.2. The fourth-order valence-corrected chi connectivity index (χ4v) is 2.64. The second-order valence-corrected chi connectivity index (χ2v) is 5.25. The van der Waals surface area contributed by atoms with Crippen molar-refractivity contribution in [1.29, 1.82) is 0 Å². The lowest BCUT2D eigenvalue weighted by atomic mass is 9.87. The number of aromatic nitrogens is 4. The van der Waals surface area contributed by atoms with Crippen LogP contribution >= 0.6 is 0 Å². The van der Waals surface area contributed by atoms with Crippen LogP contribution in [0.5, 0.6) is 0 Å². The van der Waals surface area contributed by atoms with E-state index in [0.29, 0.717) is 0 Å². The third-order valence-corrected chi connectivity index (χ3v) is 3.97. The molecule has 0 amide bonds. The van der Waals surface area contributed by atoms with E-state index in [2.05, 4.69) is 52.0 Å². The Labute approximate surface area is 124 Å². The predicted octanol–water partition coefficient (Wildman–Crippen LogP) is 3.19. The normalized spacial score (nSPS) is 12.3. The minimum Gasteiger partial charge on any atom is -0.348 e. The van der Waals surface area contributed by atoms with E-state index < -0.39 is 0 Å². The summed E-state index contributed by atoms with van der Waals surface area (Å²) in [4.78, 5) is 15.8.